The van der Waals surface area contributed by atoms with Gasteiger partial charge in [-0.25, -0.2) is 23.6 Å². The fourth-order valence-corrected chi connectivity index (χ4v) is 4.85. The van der Waals surface area contributed by atoms with Crippen molar-refractivity contribution >= 4 is 34.8 Å². The molecule has 238 valence electrons. The van der Waals surface area contributed by atoms with Crippen LogP contribution in [0.15, 0.2) is 94.0 Å². The summed E-state index contributed by atoms with van der Waals surface area (Å²) in [6.07, 6.45) is 12.5. The van der Waals surface area contributed by atoms with E-state index in [-0.39, 0.29) is 46.7 Å². The molecule has 1 aromatic rings. The van der Waals surface area contributed by atoms with E-state index in [1.165, 1.54) is 20.3 Å². The molecular formula is C36H40F2N2O5. The molecule has 1 aromatic carbocycles. The number of ether oxygens (including phenoxy) is 3. The molecule has 9 heteroatoms. The molecule has 7 nitrogen and oxygen atoms in total. The van der Waals surface area contributed by atoms with Crippen molar-refractivity contribution in [2.24, 2.45) is 9.98 Å². The second-order valence-corrected chi connectivity index (χ2v) is 10.7. The molecule has 0 bridgehead atoms. The van der Waals surface area contributed by atoms with Gasteiger partial charge >= 0.3 is 11.9 Å². The average molecular weight is 619 g/mol. The van der Waals surface area contributed by atoms with Gasteiger partial charge in [0, 0.05) is 5.56 Å². The van der Waals surface area contributed by atoms with E-state index in [0.29, 0.717) is 43.6 Å². The van der Waals surface area contributed by atoms with Gasteiger partial charge in [-0.05, 0) is 80.5 Å². The standard InChI is InChI=1S/C36H40F2N2O5/c1-8-11-31(36(42)44-7)39-24(5)26-20-29(37)34(30(38)21-26)35-27(18-25-13-10-12-22(3)16-32(25)40-35)19-28(9-2)45-15-14-23(4)17-33(41)43-6/h8,10-13,16,20-21,28H,4-5,9,14-15,17-19H2,1-3,6-7H3/b11-8-,39-31+/t28-/m1/s1. The summed E-state index contributed by atoms with van der Waals surface area (Å²) < 4.78 is 47.4. The molecule has 0 aromatic heterocycles. The Bertz CT molecular complexity index is 1550. The third kappa shape index (κ3) is 9.49. The normalized spacial score (nSPS) is 15.5. The first kappa shape index (κ1) is 35.0. The molecule has 0 saturated carbocycles. The van der Waals surface area contributed by atoms with Crippen molar-refractivity contribution < 1.29 is 32.6 Å². The van der Waals surface area contributed by atoms with Crippen molar-refractivity contribution in [2.45, 2.75) is 59.0 Å². The molecule has 0 spiro atoms. The van der Waals surface area contributed by atoms with Crippen LogP contribution in [-0.2, 0) is 23.8 Å². The lowest BCUT2D eigenvalue weighted by Gasteiger charge is -2.25. The summed E-state index contributed by atoms with van der Waals surface area (Å²) in [5.74, 6) is -2.74. The molecule has 0 unspecified atom stereocenters. The molecule has 3 rings (SSSR count). The molecule has 1 heterocycles. The Morgan fingerprint density at radius 2 is 1.87 bits per heavy atom. The van der Waals surface area contributed by atoms with E-state index in [4.69, 9.17) is 19.2 Å². The van der Waals surface area contributed by atoms with Crippen LogP contribution in [0.1, 0.15) is 64.0 Å². The average Bonchev–Trinajstić information content (AvgIpc) is 3.19. The number of benzene rings is 1. The number of hydrogen-bond acceptors (Lipinski definition) is 7. The number of methoxy groups -OCH3 is 2. The van der Waals surface area contributed by atoms with E-state index in [1.807, 2.05) is 38.2 Å². The van der Waals surface area contributed by atoms with Gasteiger partial charge in [-0.15, -0.1) is 0 Å². The lowest BCUT2D eigenvalue weighted by molar-refractivity contribution is -0.139. The van der Waals surface area contributed by atoms with Crippen LogP contribution in [0.25, 0.3) is 11.4 Å². The summed E-state index contributed by atoms with van der Waals surface area (Å²) in [7, 11) is 2.54. The van der Waals surface area contributed by atoms with Crippen molar-refractivity contribution in [3.8, 4) is 0 Å². The summed E-state index contributed by atoms with van der Waals surface area (Å²) in [4.78, 5) is 32.6. The third-order valence-electron chi connectivity index (χ3n) is 7.27. The van der Waals surface area contributed by atoms with E-state index in [9.17, 15) is 9.59 Å². The zero-order valence-corrected chi connectivity index (χ0v) is 26.5. The predicted octanol–water partition coefficient (Wildman–Crippen LogP) is 7.82. The minimum absolute atomic E-state index is 0.00568. The highest BCUT2D eigenvalue weighted by Gasteiger charge is 2.27. The van der Waals surface area contributed by atoms with E-state index in [1.54, 1.807) is 13.0 Å². The lowest BCUT2D eigenvalue weighted by atomic mass is 9.88. The maximum absolute atomic E-state index is 15.9. The lowest BCUT2D eigenvalue weighted by Crippen LogP contribution is -2.18. The molecule has 1 aliphatic carbocycles. The van der Waals surface area contributed by atoms with Gasteiger partial charge in [0.1, 0.15) is 17.3 Å². The molecule has 0 radical (unpaired) electrons. The second-order valence-electron chi connectivity index (χ2n) is 10.7. The summed E-state index contributed by atoms with van der Waals surface area (Å²) in [5, 5.41) is 0. The number of fused-ring (bicyclic) bond motifs is 1. The highest BCUT2D eigenvalue weighted by Crippen LogP contribution is 2.38. The van der Waals surface area contributed by atoms with E-state index >= 15 is 8.78 Å². The smallest absolute Gasteiger partial charge is 0.356 e. The Morgan fingerprint density at radius 3 is 2.49 bits per heavy atom. The first-order chi connectivity index (χ1) is 21.5. The molecule has 1 aliphatic heterocycles. The van der Waals surface area contributed by atoms with Gasteiger partial charge < -0.3 is 14.2 Å². The Morgan fingerprint density at radius 1 is 1.16 bits per heavy atom. The van der Waals surface area contributed by atoms with Crippen LogP contribution in [-0.4, -0.2) is 50.3 Å². The Hall–Kier alpha value is -4.50. The molecule has 2 aliphatic rings. The van der Waals surface area contributed by atoms with Crippen molar-refractivity contribution in [1.29, 1.82) is 0 Å². The number of allylic oxidation sites excluding steroid dienone is 7. The zero-order valence-electron chi connectivity index (χ0n) is 26.5. The number of aliphatic imine (C=N–C) groups is 2. The van der Waals surface area contributed by atoms with Crippen LogP contribution >= 0.6 is 0 Å². The maximum Gasteiger partial charge on any atom is 0.356 e. The number of esters is 2. The molecule has 1 atom stereocenters. The highest BCUT2D eigenvalue weighted by molar-refractivity contribution is 6.41. The van der Waals surface area contributed by atoms with Crippen LogP contribution in [0.2, 0.25) is 0 Å². The summed E-state index contributed by atoms with van der Waals surface area (Å²) in [6.45, 7) is 13.7. The third-order valence-corrected chi connectivity index (χ3v) is 7.27. The monoisotopic (exact) mass is 618 g/mol. The number of carbonyl (C=O) groups excluding carboxylic acids is 2. The fourth-order valence-electron chi connectivity index (χ4n) is 4.85. The first-order valence-electron chi connectivity index (χ1n) is 14.7. The summed E-state index contributed by atoms with van der Waals surface area (Å²) >= 11 is 0. The van der Waals surface area contributed by atoms with Gasteiger partial charge in [0.25, 0.3) is 0 Å². The van der Waals surface area contributed by atoms with Crippen molar-refractivity contribution in [2.75, 3.05) is 20.8 Å². The minimum atomic E-state index is -0.836. The molecule has 45 heavy (non-hydrogen) atoms. The van der Waals surface area contributed by atoms with Gasteiger partial charge in [0.15, 0.2) is 0 Å². The van der Waals surface area contributed by atoms with Crippen molar-refractivity contribution in [3.05, 3.63) is 107 Å². The van der Waals surface area contributed by atoms with Gasteiger partial charge in [0.05, 0.1) is 56.0 Å². The molecule has 0 fully saturated rings. The quantitative estimate of drug-likeness (QED) is 0.121. The largest absolute Gasteiger partial charge is 0.469 e. The van der Waals surface area contributed by atoms with Gasteiger partial charge in [-0.3, -0.25) is 4.79 Å². The van der Waals surface area contributed by atoms with Gasteiger partial charge in [-0.2, -0.15) is 0 Å². The van der Waals surface area contributed by atoms with E-state index in [2.05, 4.69) is 18.2 Å². The molecule has 0 N–H and O–H groups in total. The van der Waals surface area contributed by atoms with Crippen molar-refractivity contribution in [3.63, 3.8) is 0 Å². The second kappa shape index (κ2) is 16.5. The predicted molar refractivity (Wildman–Crippen MR) is 175 cm³/mol. The van der Waals surface area contributed by atoms with Gasteiger partial charge in [-0.1, -0.05) is 50.0 Å². The molecule has 0 amide bonds. The van der Waals surface area contributed by atoms with Crippen LogP contribution in [0.5, 0.6) is 0 Å². The Labute approximate surface area is 263 Å². The fraction of sp³-hybridized carbons (Fsp3) is 0.333. The number of hydrogen-bond donors (Lipinski definition) is 0. The van der Waals surface area contributed by atoms with Crippen molar-refractivity contribution in [1.82, 2.24) is 0 Å². The SMILES string of the molecule is C=C(CCO[C@H](CC)CC1=C(c2c(F)cc(C(=C)/N=C(\C=C/C)C(=O)OC)cc2F)N=C2C=C(C)C=CC=C2C1)CC(=O)OC. The maximum atomic E-state index is 15.9. The topological polar surface area (TPSA) is 86.5 Å². The van der Waals surface area contributed by atoms with Gasteiger partial charge in [0.2, 0.25) is 0 Å². The highest BCUT2D eigenvalue weighted by atomic mass is 19.1. The zero-order chi connectivity index (χ0) is 33.1. The molecular weight excluding hydrogens is 578 g/mol. The summed E-state index contributed by atoms with van der Waals surface area (Å²) in [5.41, 5.74) is 3.91. The summed E-state index contributed by atoms with van der Waals surface area (Å²) in [6, 6.07) is 2.28. The van der Waals surface area contributed by atoms with Crippen LogP contribution in [0.4, 0.5) is 8.78 Å². The minimum Gasteiger partial charge on any atom is -0.469 e. The Kier molecular flexibility index (Phi) is 12.9. The van der Waals surface area contributed by atoms with E-state index < -0.39 is 17.6 Å². The first-order valence-corrected chi connectivity index (χ1v) is 14.7. The van der Waals surface area contributed by atoms with Crippen LogP contribution < -0.4 is 0 Å². The number of rotatable bonds is 14. The number of carbonyl (C=O) groups is 2. The molecule has 0 saturated heterocycles. The van der Waals surface area contributed by atoms with Crippen LogP contribution in [0, 0.1) is 11.6 Å². The van der Waals surface area contributed by atoms with Crippen LogP contribution in [0.3, 0.4) is 0 Å². The number of nitrogens with zero attached hydrogens (tertiary/aromatic N) is 2. The Balaban J connectivity index is 2.01. The number of halogens is 2. The van der Waals surface area contributed by atoms with E-state index in [0.717, 1.165) is 28.9 Å².